The topological polar surface area (TPSA) is 37.8 Å². The molecule has 1 aliphatic carbocycles. The van der Waals surface area contributed by atoms with Gasteiger partial charge in [0.25, 0.3) is 0 Å². The molecule has 1 unspecified atom stereocenters. The Hall–Kier alpha value is -0.960. The lowest BCUT2D eigenvalue weighted by Crippen LogP contribution is -2.26. The lowest BCUT2D eigenvalue weighted by Gasteiger charge is -2.25. The van der Waals surface area contributed by atoms with E-state index in [0.717, 1.165) is 18.8 Å². The molecule has 0 saturated heterocycles. The van der Waals surface area contributed by atoms with Crippen molar-refractivity contribution in [1.29, 1.82) is 0 Å². The van der Waals surface area contributed by atoms with Gasteiger partial charge in [0.1, 0.15) is 5.82 Å². The maximum atomic E-state index is 4.69. The largest absolute Gasteiger partial charge is 0.310 e. The van der Waals surface area contributed by atoms with Crippen LogP contribution < -0.4 is 5.32 Å². The minimum absolute atomic E-state index is 0.421. The molecule has 1 heterocycles. The molecule has 16 heavy (non-hydrogen) atoms. The molecule has 0 amide bonds. The molecular weight excluding hydrogens is 198 g/mol. The summed E-state index contributed by atoms with van der Waals surface area (Å²) < 4.78 is 0. The maximum Gasteiger partial charge on any atom is 0.131 e. The summed E-state index contributed by atoms with van der Waals surface area (Å²) in [6.45, 7) is 7.45. The average Bonchev–Trinajstić information content (AvgIpc) is 2.29. The van der Waals surface area contributed by atoms with Gasteiger partial charge in [0.2, 0.25) is 0 Å². The number of aryl methyl sites for hydroxylation is 1. The maximum absolute atomic E-state index is 4.69. The fraction of sp³-hybridized carbons (Fsp3) is 0.692. The van der Waals surface area contributed by atoms with Gasteiger partial charge in [-0.25, -0.2) is 9.97 Å². The summed E-state index contributed by atoms with van der Waals surface area (Å²) in [5.74, 6) is 1.40. The summed E-state index contributed by atoms with van der Waals surface area (Å²) in [6, 6.07) is 0.468. The first-order chi connectivity index (χ1) is 7.72. The van der Waals surface area contributed by atoms with Gasteiger partial charge in [-0.1, -0.05) is 20.8 Å². The van der Waals surface area contributed by atoms with Gasteiger partial charge < -0.3 is 5.32 Å². The molecule has 3 heteroatoms. The molecule has 0 radical (unpaired) electrons. The van der Waals surface area contributed by atoms with Crippen molar-refractivity contribution >= 4 is 0 Å². The van der Waals surface area contributed by atoms with Crippen LogP contribution in [0.3, 0.4) is 0 Å². The van der Waals surface area contributed by atoms with Crippen molar-refractivity contribution < 1.29 is 0 Å². The molecule has 3 nitrogen and oxygen atoms in total. The van der Waals surface area contributed by atoms with Crippen LogP contribution in [-0.4, -0.2) is 16.5 Å². The Morgan fingerprint density at radius 2 is 2.31 bits per heavy atom. The Kier molecular flexibility index (Phi) is 3.54. The third-order valence-corrected chi connectivity index (χ3v) is 3.17. The third kappa shape index (κ3) is 2.24. The van der Waals surface area contributed by atoms with Gasteiger partial charge in [0.05, 0.1) is 0 Å². The number of rotatable bonds is 3. The van der Waals surface area contributed by atoms with Gasteiger partial charge >= 0.3 is 0 Å². The number of hydrogen-bond donors (Lipinski definition) is 1. The van der Waals surface area contributed by atoms with Gasteiger partial charge in [-0.2, -0.15) is 0 Å². The number of nitrogens with one attached hydrogen (secondary N) is 1. The number of fused-ring (bicyclic) bond motifs is 1. The molecule has 2 rings (SSSR count). The molecule has 0 aliphatic heterocycles. The SMILES string of the molecule is CCNC1CCCc2nc(C(C)C)ncc21. The van der Waals surface area contributed by atoms with Crippen molar-refractivity contribution in [2.24, 2.45) is 0 Å². The van der Waals surface area contributed by atoms with Crippen molar-refractivity contribution in [2.75, 3.05) is 6.54 Å². The lowest BCUT2D eigenvalue weighted by molar-refractivity contribution is 0.461. The van der Waals surface area contributed by atoms with Gasteiger partial charge in [-0.15, -0.1) is 0 Å². The van der Waals surface area contributed by atoms with Crippen molar-refractivity contribution in [3.05, 3.63) is 23.3 Å². The second-order valence-corrected chi connectivity index (χ2v) is 4.79. The van der Waals surface area contributed by atoms with Crippen LogP contribution >= 0.6 is 0 Å². The van der Waals surface area contributed by atoms with E-state index < -0.39 is 0 Å². The Morgan fingerprint density at radius 1 is 1.50 bits per heavy atom. The quantitative estimate of drug-likeness (QED) is 0.849. The van der Waals surface area contributed by atoms with Crippen LogP contribution in [-0.2, 0) is 6.42 Å². The highest BCUT2D eigenvalue weighted by molar-refractivity contribution is 5.25. The van der Waals surface area contributed by atoms with Gasteiger partial charge in [0.15, 0.2) is 0 Å². The summed E-state index contributed by atoms with van der Waals surface area (Å²) in [6.07, 6.45) is 5.59. The van der Waals surface area contributed by atoms with Crippen molar-refractivity contribution in [3.63, 3.8) is 0 Å². The molecule has 1 atom stereocenters. The number of hydrogen-bond acceptors (Lipinski definition) is 3. The highest BCUT2D eigenvalue weighted by atomic mass is 14.9. The summed E-state index contributed by atoms with van der Waals surface area (Å²) in [7, 11) is 0. The second kappa shape index (κ2) is 4.91. The predicted molar refractivity (Wildman–Crippen MR) is 65.5 cm³/mol. The summed E-state index contributed by atoms with van der Waals surface area (Å²) in [5.41, 5.74) is 2.58. The molecule has 1 aromatic rings. The monoisotopic (exact) mass is 219 g/mol. The number of aromatic nitrogens is 2. The third-order valence-electron chi connectivity index (χ3n) is 3.17. The average molecular weight is 219 g/mol. The van der Waals surface area contributed by atoms with E-state index in [0.29, 0.717) is 12.0 Å². The molecule has 0 bridgehead atoms. The lowest BCUT2D eigenvalue weighted by atomic mass is 9.92. The van der Waals surface area contributed by atoms with Crippen LogP contribution in [0.4, 0.5) is 0 Å². The molecule has 0 spiro atoms. The van der Waals surface area contributed by atoms with Gasteiger partial charge in [0, 0.05) is 29.4 Å². The van der Waals surface area contributed by atoms with Crippen molar-refractivity contribution in [1.82, 2.24) is 15.3 Å². The molecule has 88 valence electrons. The smallest absolute Gasteiger partial charge is 0.131 e. The zero-order valence-corrected chi connectivity index (χ0v) is 10.5. The first kappa shape index (κ1) is 11.5. The van der Waals surface area contributed by atoms with Crippen molar-refractivity contribution in [3.8, 4) is 0 Å². The normalized spacial score (nSPS) is 19.9. The Balaban J connectivity index is 2.29. The fourth-order valence-electron chi connectivity index (χ4n) is 2.30. The zero-order valence-electron chi connectivity index (χ0n) is 10.5. The van der Waals surface area contributed by atoms with Crippen LogP contribution in [0.25, 0.3) is 0 Å². The molecular formula is C13H21N3. The van der Waals surface area contributed by atoms with Crippen molar-refractivity contribution in [2.45, 2.75) is 52.0 Å². The fourth-order valence-corrected chi connectivity index (χ4v) is 2.30. The Bertz CT molecular complexity index is 360. The summed E-state index contributed by atoms with van der Waals surface area (Å²) >= 11 is 0. The minimum atomic E-state index is 0.421. The number of nitrogens with zero attached hydrogens (tertiary/aromatic N) is 2. The summed E-state index contributed by atoms with van der Waals surface area (Å²) in [4.78, 5) is 9.17. The summed E-state index contributed by atoms with van der Waals surface area (Å²) in [5, 5.41) is 3.51. The van der Waals surface area contributed by atoms with Gasteiger partial charge in [-0.3, -0.25) is 0 Å². The molecule has 1 aliphatic rings. The highest BCUT2D eigenvalue weighted by Crippen LogP contribution is 2.28. The van der Waals surface area contributed by atoms with E-state index in [1.807, 2.05) is 6.20 Å². The van der Waals surface area contributed by atoms with Gasteiger partial charge in [-0.05, 0) is 25.8 Å². The molecule has 1 N–H and O–H groups in total. The van der Waals surface area contributed by atoms with E-state index in [9.17, 15) is 0 Å². The van der Waals surface area contributed by atoms with E-state index in [2.05, 4.69) is 31.1 Å². The van der Waals surface area contributed by atoms with E-state index in [4.69, 9.17) is 4.98 Å². The predicted octanol–water partition coefficient (Wildman–Crippen LogP) is 2.59. The highest BCUT2D eigenvalue weighted by Gasteiger charge is 2.21. The van der Waals surface area contributed by atoms with Crippen LogP contribution in [0.2, 0.25) is 0 Å². The van der Waals surface area contributed by atoms with E-state index >= 15 is 0 Å². The second-order valence-electron chi connectivity index (χ2n) is 4.79. The Morgan fingerprint density at radius 3 is 3.00 bits per heavy atom. The molecule has 1 aromatic heterocycles. The standard InChI is InChI=1S/C13H21N3/c1-4-14-11-6-5-7-12-10(11)8-15-13(16-12)9(2)3/h8-9,11,14H,4-7H2,1-3H3. The van der Waals surface area contributed by atoms with Crippen LogP contribution in [0.5, 0.6) is 0 Å². The first-order valence-electron chi connectivity index (χ1n) is 6.31. The van der Waals surface area contributed by atoms with E-state index in [-0.39, 0.29) is 0 Å². The molecule has 0 saturated carbocycles. The first-order valence-corrected chi connectivity index (χ1v) is 6.31. The van der Waals surface area contributed by atoms with E-state index in [1.54, 1.807) is 0 Å². The van der Waals surface area contributed by atoms with Crippen LogP contribution in [0.1, 0.15) is 62.7 Å². The van der Waals surface area contributed by atoms with Crippen LogP contribution in [0, 0.1) is 0 Å². The van der Waals surface area contributed by atoms with E-state index in [1.165, 1.54) is 24.1 Å². The zero-order chi connectivity index (χ0) is 11.5. The van der Waals surface area contributed by atoms with Crippen LogP contribution in [0.15, 0.2) is 6.20 Å². The minimum Gasteiger partial charge on any atom is -0.310 e. The molecule has 0 aromatic carbocycles. The Labute approximate surface area is 97.7 Å². The molecule has 0 fully saturated rings.